The third kappa shape index (κ3) is 0.856. The highest BCUT2D eigenvalue weighted by atomic mass is 14.3. The Labute approximate surface area is 84.2 Å². The minimum Gasteiger partial charge on any atom is -0.0452 e. The predicted octanol–water partition coefficient (Wildman–Crippen LogP) is 3.66. The summed E-state index contributed by atoms with van der Waals surface area (Å²) in [7, 11) is 0. The van der Waals surface area contributed by atoms with E-state index in [0.717, 1.165) is 0 Å². The lowest BCUT2D eigenvalue weighted by atomic mass is 10.00. The van der Waals surface area contributed by atoms with Crippen LogP contribution in [0.3, 0.4) is 0 Å². The van der Waals surface area contributed by atoms with Crippen molar-refractivity contribution in [3.63, 3.8) is 0 Å². The Balaban J connectivity index is 2.36. The van der Waals surface area contributed by atoms with Crippen LogP contribution in [0.15, 0.2) is 48.5 Å². The highest BCUT2D eigenvalue weighted by molar-refractivity contribution is 5.83. The number of hydrogen-bond acceptors (Lipinski definition) is 0. The molecule has 2 aromatic carbocycles. The lowest BCUT2D eigenvalue weighted by Crippen LogP contribution is -1.89. The molecule has 0 bridgehead atoms. The summed E-state index contributed by atoms with van der Waals surface area (Å²) in [5.41, 5.74) is 5.52. The first kappa shape index (κ1) is 7.69. The molecule has 3 rings (SSSR count). The van der Waals surface area contributed by atoms with Crippen LogP contribution >= 0.6 is 0 Å². The van der Waals surface area contributed by atoms with Crippen LogP contribution in [0.4, 0.5) is 0 Å². The molecule has 0 aliphatic heterocycles. The van der Waals surface area contributed by atoms with Gasteiger partial charge in [0.15, 0.2) is 0 Å². The van der Waals surface area contributed by atoms with Crippen molar-refractivity contribution < 1.29 is 0 Å². The largest absolute Gasteiger partial charge is 0.0913 e. The molecule has 0 fully saturated rings. The van der Waals surface area contributed by atoms with Crippen molar-refractivity contribution in [3.8, 4) is 11.1 Å². The molecule has 0 amide bonds. The van der Waals surface area contributed by atoms with Crippen molar-refractivity contribution in [2.75, 3.05) is 0 Å². The minimum absolute atomic E-state index is 1.38. The second kappa shape index (κ2) is 2.65. The Bertz CT molecular complexity index is 437. The maximum absolute atomic E-state index is 2.20. The van der Waals surface area contributed by atoms with Gasteiger partial charge in [-0.1, -0.05) is 0 Å². The molecular weight excluding hydrogens is 168 g/mol. The molecule has 14 heavy (non-hydrogen) atoms. The molecule has 0 aromatic heterocycles. The van der Waals surface area contributed by atoms with Crippen LogP contribution < -0.4 is 0 Å². The van der Waals surface area contributed by atoms with E-state index in [2.05, 4.69) is 55.5 Å². The van der Waals surface area contributed by atoms with E-state index in [1.54, 1.807) is 0 Å². The average Bonchev–Trinajstić information content (AvgIpc) is 2.55. The summed E-state index contributed by atoms with van der Waals surface area (Å²) in [6, 6.07) is 17.2. The number of rotatable bonds is 0. The van der Waals surface area contributed by atoms with Crippen molar-refractivity contribution in [3.05, 3.63) is 65.6 Å². The average molecular weight is 179 g/mol. The van der Waals surface area contributed by atoms with Gasteiger partial charge in [0.25, 0.3) is 0 Å². The van der Waals surface area contributed by atoms with Gasteiger partial charge < -0.3 is 0 Å². The summed E-state index contributed by atoms with van der Waals surface area (Å²) in [4.78, 5) is 0. The van der Waals surface area contributed by atoms with Crippen LogP contribution in [0.2, 0.25) is 0 Å². The van der Waals surface area contributed by atoms with Crippen LogP contribution in [-0.4, -0.2) is 0 Å². The fourth-order valence-electron chi connectivity index (χ4n) is 2.24. The standard InChI is InChI=1S/C14H11/c1-10-11-6-2-4-8-13(11)14-9-5-3-7-12(10)14/h2-9H,1H3/q+1. The smallest absolute Gasteiger partial charge is 0.0452 e. The first-order chi connectivity index (χ1) is 6.88. The van der Waals surface area contributed by atoms with E-state index in [1.165, 1.54) is 28.2 Å². The van der Waals surface area contributed by atoms with Crippen molar-refractivity contribution >= 4 is 0 Å². The van der Waals surface area contributed by atoms with Crippen molar-refractivity contribution in [2.45, 2.75) is 6.92 Å². The van der Waals surface area contributed by atoms with E-state index in [4.69, 9.17) is 0 Å². The fraction of sp³-hybridized carbons (Fsp3) is 0.0714. The molecule has 0 saturated heterocycles. The second-order valence-corrected chi connectivity index (χ2v) is 3.72. The molecule has 0 unspecified atom stereocenters. The molecule has 0 heterocycles. The molecule has 0 nitrogen and oxygen atoms in total. The third-order valence-electron chi connectivity index (χ3n) is 2.95. The monoisotopic (exact) mass is 179 g/mol. The molecule has 0 N–H and O–H groups in total. The van der Waals surface area contributed by atoms with Gasteiger partial charge >= 0.3 is 0 Å². The van der Waals surface area contributed by atoms with Gasteiger partial charge in [-0.25, -0.2) is 0 Å². The van der Waals surface area contributed by atoms with E-state index in [-0.39, 0.29) is 0 Å². The maximum Gasteiger partial charge on any atom is 0.0913 e. The van der Waals surface area contributed by atoms with Gasteiger partial charge in [0.1, 0.15) is 0 Å². The van der Waals surface area contributed by atoms with E-state index >= 15 is 0 Å². The molecule has 0 saturated carbocycles. The normalized spacial score (nSPS) is 12.5. The van der Waals surface area contributed by atoms with Crippen molar-refractivity contribution in [2.24, 2.45) is 0 Å². The molecular formula is C14H11+. The van der Waals surface area contributed by atoms with Crippen LogP contribution in [0.25, 0.3) is 11.1 Å². The van der Waals surface area contributed by atoms with E-state index in [1.807, 2.05) is 0 Å². The Kier molecular flexibility index (Phi) is 1.45. The van der Waals surface area contributed by atoms with Crippen LogP contribution in [0.1, 0.15) is 18.1 Å². The molecule has 0 atom stereocenters. The van der Waals surface area contributed by atoms with Gasteiger partial charge in [-0.05, 0) is 43.3 Å². The Hall–Kier alpha value is -1.69. The summed E-state index contributed by atoms with van der Waals surface area (Å²) in [6.07, 6.45) is 0. The number of fused-ring (bicyclic) bond motifs is 3. The first-order valence-electron chi connectivity index (χ1n) is 4.90. The SMILES string of the molecule is C[C+]1c2ccccc2-c2ccccc21. The third-order valence-corrected chi connectivity index (χ3v) is 2.95. The van der Waals surface area contributed by atoms with Gasteiger partial charge in [-0.2, -0.15) is 0 Å². The fourth-order valence-corrected chi connectivity index (χ4v) is 2.24. The summed E-state index contributed by atoms with van der Waals surface area (Å²) in [6.45, 7) is 2.20. The minimum atomic E-state index is 1.38. The van der Waals surface area contributed by atoms with Gasteiger partial charge in [-0.3, -0.25) is 0 Å². The Morgan fingerprint density at radius 2 is 1.14 bits per heavy atom. The molecule has 0 heteroatoms. The molecule has 1 aliphatic carbocycles. The van der Waals surface area contributed by atoms with Crippen LogP contribution in [0.5, 0.6) is 0 Å². The Morgan fingerprint density at radius 3 is 1.64 bits per heavy atom. The summed E-state index contributed by atoms with van der Waals surface area (Å²) < 4.78 is 0. The van der Waals surface area contributed by atoms with Crippen molar-refractivity contribution in [1.29, 1.82) is 0 Å². The quantitative estimate of drug-likeness (QED) is 0.541. The summed E-state index contributed by atoms with van der Waals surface area (Å²) in [5.74, 6) is 1.40. The zero-order valence-electron chi connectivity index (χ0n) is 8.12. The lowest BCUT2D eigenvalue weighted by molar-refractivity contribution is 1.24. The van der Waals surface area contributed by atoms with Crippen LogP contribution in [-0.2, 0) is 0 Å². The molecule has 0 radical (unpaired) electrons. The molecule has 0 spiro atoms. The highest BCUT2D eigenvalue weighted by Crippen LogP contribution is 2.43. The zero-order valence-corrected chi connectivity index (χ0v) is 8.12. The predicted molar refractivity (Wildman–Crippen MR) is 59.0 cm³/mol. The van der Waals surface area contributed by atoms with Gasteiger partial charge in [0, 0.05) is 18.1 Å². The lowest BCUT2D eigenvalue weighted by Gasteiger charge is -1.96. The van der Waals surface area contributed by atoms with Gasteiger partial charge in [0.05, 0.1) is 22.3 Å². The number of benzene rings is 2. The molecule has 2 aromatic rings. The van der Waals surface area contributed by atoms with Gasteiger partial charge in [-0.15, -0.1) is 0 Å². The summed E-state index contributed by atoms with van der Waals surface area (Å²) in [5, 5.41) is 0. The molecule has 1 aliphatic rings. The summed E-state index contributed by atoms with van der Waals surface area (Å²) >= 11 is 0. The highest BCUT2D eigenvalue weighted by Gasteiger charge is 2.32. The second-order valence-electron chi connectivity index (χ2n) is 3.72. The van der Waals surface area contributed by atoms with E-state index in [9.17, 15) is 0 Å². The van der Waals surface area contributed by atoms with Crippen molar-refractivity contribution in [1.82, 2.24) is 0 Å². The van der Waals surface area contributed by atoms with E-state index < -0.39 is 0 Å². The van der Waals surface area contributed by atoms with E-state index in [0.29, 0.717) is 0 Å². The topological polar surface area (TPSA) is 0 Å². The first-order valence-corrected chi connectivity index (χ1v) is 4.90. The Morgan fingerprint density at radius 1 is 0.714 bits per heavy atom. The zero-order chi connectivity index (χ0) is 9.54. The van der Waals surface area contributed by atoms with Gasteiger partial charge in [0.2, 0.25) is 0 Å². The van der Waals surface area contributed by atoms with Crippen LogP contribution in [0, 0.1) is 5.92 Å². The maximum atomic E-state index is 2.20. The number of hydrogen-bond donors (Lipinski definition) is 0. The molecule has 66 valence electrons.